The van der Waals surface area contributed by atoms with Gasteiger partial charge in [-0.05, 0) is 48.0 Å². The summed E-state index contributed by atoms with van der Waals surface area (Å²) in [5.74, 6) is -0.985. The predicted molar refractivity (Wildman–Crippen MR) is 90.7 cm³/mol. The van der Waals surface area contributed by atoms with Crippen LogP contribution in [0.3, 0.4) is 0 Å². The van der Waals surface area contributed by atoms with E-state index in [-0.39, 0.29) is 35.4 Å². The molecule has 2 rings (SSSR count). The van der Waals surface area contributed by atoms with Crippen molar-refractivity contribution in [1.82, 2.24) is 4.90 Å². The van der Waals surface area contributed by atoms with Crippen molar-refractivity contribution >= 4 is 5.97 Å². The van der Waals surface area contributed by atoms with Crippen LogP contribution >= 0.6 is 0 Å². The quantitative estimate of drug-likeness (QED) is 0.785. The lowest BCUT2D eigenvalue weighted by atomic mass is 9.84. The standard InChI is InChI=1S/C18H33NO5/c1-17(2,3)23-12-10-19-9-8-11(20)13(16(21)22-7)14(19)15(12)24-18(4,5)6/h11-15,20H,8-10H2,1-7H3/t11-,12+,13+,14+,15-/m1/s1. The molecule has 0 amide bonds. The van der Waals surface area contributed by atoms with Gasteiger partial charge in [-0.2, -0.15) is 0 Å². The van der Waals surface area contributed by atoms with Gasteiger partial charge in [-0.3, -0.25) is 9.69 Å². The van der Waals surface area contributed by atoms with Crippen LogP contribution in [0.2, 0.25) is 0 Å². The molecule has 0 spiro atoms. The highest BCUT2D eigenvalue weighted by Gasteiger charge is 2.55. The van der Waals surface area contributed by atoms with Crippen molar-refractivity contribution < 1.29 is 24.1 Å². The highest BCUT2D eigenvalue weighted by molar-refractivity contribution is 5.74. The Morgan fingerprint density at radius 1 is 1.08 bits per heavy atom. The molecule has 6 nitrogen and oxygen atoms in total. The van der Waals surface area contributed by atoms with Crippen LogP contribution in [0.5, 0.6) is 0 Å². The zero-order chi connectivity index (χ0) is 18.3. The molecule has 0 aromatic carbocycles. The Morgan fingerprint density at radius 2 is 1.67 bits per heavy atom. The Kier molecular flexibility index (Phi) is 5.65. The molecule has 2 heterocycles. The number of fused-ring (bicyclic) bond motifs is 1. The number of ether oxygens (including phenoxy) is 3. The second-order valence-corrected chi connectivity index (χ2v) is 8.85. The van der Waals surface area contributed by atoms with E-state index in [1.165, 1.54) is 7.11 Å². The van der Waals surface area contributed by atoms with Crippen molar-refractivity contribution in [2.24, 2.45) is 5.92 Å². The Labute approximate surface area is 145 Å². The van der Waals surface area contributed by atoms with E-state index < -0.39 is 12.0 Å². The molecular weight excluding hydrogens is 310 g/mol. The molecule has 2 aliphatic heterocycles. The number of hydrogen-bond acceptors (Lipinski definition) is 6. The van der Waals surface area contributed by atoms with Gasteiger partial charge in [0.2, 0.25) is 0 Å². The maximum atomic E-state index is 12.3. The van der Waals surface area contributed by atoms with Gasteiger partial charge in [-0.15, -0.1) is 0 Å². The van der Waals surface area contributed by atoms with Crippen LogP contribution in [0.1, 0.15) is 48.0 Å². The van der Waals surface area contributed by atoms with Gasteiger partial charge in [0.05, 0.1) is 36.6 Å². The van der Waals surface area contributed by atoms with Crippen molar-refractivity contribution in [3.05, 3.63) is 0 Å². The number of carbonyl (C=O) groups excluding carboxylic acids is 1. The lowest BCUT2D eigenvalue weighted by molar-refractivity contribution is -0.174. The smallest absolute Gasteiger partial charge is 0.313 e. The second kappa shape index (κ2) is 6.90. The van der Waals surface area contributed by atoms with E-state index in [2.05, 4.69) is 4.90 Å². The number of carbonyl (C=O) groups is 1. The summed E-state index contributed by atoms with van der Waals surface area (Å²) in [6.07, 6.45) is -0.589. The second-order valence-electron chi connectivity index (χ2n) is 8.85. The molecule has 2 saturated heterocycles. The molecule has 0 bridgehead atoms. The van der Waals surface area contributed by atoms with Crippen molar-refractivity contribution in [3.8, 4) is 0 Å². The molecule has 1 N–H and O–H groups in total. The summed E-state index contributed by atoms with van der Waals surface area (Å²) in [5.41, 5.74) is -0.679. The fourth-order valence-electron chi connectivity index (χ4n) is 3.81. The molecule has 2 fully saturated rings. The molecule has 24 heavy (non-hydrogen) atoms. The normalized spacial score (nSPS) is 34.9. The molecule has 0 aromatic rings. The number of rotatable bonds is 3. The first-order valence-corrected chi connectivity index (χ1v) is 8.78. The topological polar surface area (TPSA) is 68.2 Å². The van der Waals surface area contributed by atoms with E-state index in [9.17, 15) is 9.90 Å². The zero-order valence-corrected chi connectivity index (χ0v) is 16.0. The molecule has 0 aromatic heterocycles. The monoisotopic (exact) mass is 343 g/mol. The van der Waals surface area contributed by atoms with Gasteiger partial charge in [-0.25, -0.2) is 0 Å². The summed E-state index contributed by atoms with van der Waals surface area (Å²) in [5, 5.41) is 10.4. The van der Waals surface area contributed by atoms with Crippen LogP contribution in [0.25, 0.3) is 0 Å². The number of piperidine rings is 1. The third kappa shape index (κ3) is 4.48. The van der Waals surface area contributed by atoms with E-state index in [1.807, 2.05) is 41.5 Å². The minimum Gasteiger partial charge on any atom is -0.469 e. The molecule has 0 saturated carbocycles. The summed E-state index contributed by atoms with van der Waals surface area (Å²) in [4.78, 5) is 14.5. The highest BCUT2D eigenvalue weighted by Crippen LogP contribution is 2.38. The van der Waals surface area contributed by atoms with Crippen LogP contribution in [0, 0.1) is 5.92 Å². The van der Waals surface area contributed by atoms with Crippen LogP contribution in [-0.4, -0.2) is 71.7 Å². The van der Waals surface area contributed by atoms with Gasteiger partial charge in [0.1, 0.15) is 12.0 Å². The average Bonchev–Trinajstić information content (AvgIpc) is 2.72. The lowest BCUT2D eigenvalue weighted by Crippen LogP contribution is -2.56. The highest BCUT2D eigenvalue weighted by atomic mass is 16.6. The van der Waals surface area contributed by atoms with Crippen LogP contribution < -0.4 is 0 Å². The SMILES string of the molecule is COC(=O)[C@@H]1[C@H]2[C@H](OC(C)(C)C)[C@@H](OC(C)(C)C)CN2CC[C@H]1O. The largest absolute Gasteiger partial charge is 0.469 e. The Balaban J connectivity index is 2.33. The summed E-state index contributed by atoms with van der Waals surface area (Å²) >= 11 is 0. The number of hydrogen-bond donors (Lipinski definition) is 1. The predicted octanol–water partition coefficient (Wildman–Crippen LogP) is 1.59. The van der Waals surface area contributed by atoms with Gasteiger partial charge in [0.25, 0.3) is 0 Å². The molecule has 2 aliphatic rings. The molecule has 5 atom stereocenters. The minimum absolute atomic E-state index is 0.147. The van der Waals surface area contributed by atoms with Gasteiger partial charge in [0.15, 0.2) is 0 Å². The Bertz CT molecular complexity index is 453. The first-order valence-electron chi connectivity index (χ1n) is 8.78. The number of nitrogens with zero attached hydrogens (tertiary/aromatic N) is 1. The van der Waals surface area contributed by atoms with Crippen LogP contribution in [-0.2, 0) is 19.0 Å². The van der Waals surface area contributed by atoms with Crippen molar-refractivity contribution in [2.45, 2.75) is 83.5 Å². The molecule has 0 radical (unpaired) electrons. The van der Waals surface area contributed by atoms with Gasteiger partial charge < -0.3 is 19.3 Å². The molecule has 0 unspecified atom stereocenters. The van der Waals surface area contributed by atoms with Crippen molar-refractivity contribution in [3.63, 3.8) is 0 Å². The third-order valence-electron chi connectivity index (χ3n) is 4.50. The number of methoxy groups -OCH3 is 1. The number of esters is 1. The fourth-order valence-corrected chi connectivity index (χ4v) is 3.81. The summed E-state index contributed by atoms with van der Waals surface area (Å²) < 4.78 is 17.5. The first-order chi connectivity index (χ1) is 10.9. The lowest BCUT2D eigenvalue weighted by Gasteiger charge is -2.42. The van der Waals surface area contributed by atoms with E-state index in [0.29, 0.717) is 13.0 Å². The van der Waals surface area contributed by atoms with Gasteiger partial charge >= 0.3 is 5.97 Å². The summed E-state index contributed by atoms with van der Waals surface area (Å²) in [7, 11) is 1.37. The molecular formula is C18H33NO5. The van der Waals surface area contributed by atoms with E-state index in [1.54, 1.807) is 0 Å². The Morgan fingerprint density at radius 3 is 2.17 bits per heavy atom. The summed E-state index contributed by atoms with van der Waals surface area (Å²) in [6, 6.07) is -0.229. The average molecular weight is 343 g/mol. The minimum atomic E-state index is -0.710. The van der Waals surface area contributed by atoms with Gasteiger partial charge in [-0.1, -0.05) is 0 Å². The number of aliphatic hydroxyl groups is 1. The fraction of sp³-hybridized carbons (Fsp3) is 0.944. The first kappa shape index (κ1) is 19.6. The molecule has 0 aliphatic carbocycles. The summed E-state index contributed by atoms with van der Waals surface area (Å²) in [6.45, 7) is 13.5. The number of aliphatic hydroxyl groups excluding tert-OH is 1. The maximum Gasteiger partial charge on any atom is 0.313 e. The van der Waals surface area contributed by atoms with E-state index in [4.69, 9.17) is 14.2 Å². The van der Waals surface area contributed by atoms with E-state index in [0.717, 1.165) is 6.54 Å². The molecule has 6 heteroatoms. The van der Waals surface area contributed by atoms with Crippen molar-refractivity contribution in [1.29, 1.82) is 0 Å². The Hall–Kier alpha value is -0.690. The van der Waals surface area contributed by atoms with Crippen LogP contribution in [0.4, 0.5) is 0 Å². The maximum absolute atomic E-state index is 12.3. The van der Waals surface area contributed by atoms with Gasteiger partial charge in [0, 0.05) is 13.1 Å². The van der Waals surface area contributed by atoms with Crippen LogP contribution in [0.15, 0.2) is 0 Å². The zero-order valence-electron chi connectivity index (χ0n) is 16.0. The third-order valence-corrected chi connectivity index (χ3v) is 4.50. The van der Waals surface area contributed by atoms with Crippen molar-refractivity contribution in [2.75, 3.05) is 20.2 Å². The molecule has 140 valence electrons. The van der Waals surface area contributed by atoms with E-state index >= 15 is 0 Å².